The molecular weight excluding hydrogens is 553 g/mol. The van der Waals surface area contributed by atoms with E-state index in [-0.39, 0.29) is 10.6 Å². The lowest BCUT2D eigenvalue weighted by Crippen LogP contribution is -2.42. The van der Waals surface area contributed by atoms with E-state index < -0.39 is 8.32 Å². The Hall–Kier alpha value is -2.85. The van der Waals surface area contributed by atoms with Crippen LogP contribution in [0.15, 0.2) is 47.8 Å². The lowest BCUT2D eigenvalue weighted by atomic mass is 10.1. The van der Waals surface area contributed by atoms with Gasteiger partial charge in [-0.2, -0.15) is 5.10 Å². The van der Waals surface area contributed by atoms with E-state index in [2.05, 4.69) is 43.9 Å². The predicted molar refractivity (Wildman–Crippen MR) is 162 cm³/mol. The molecule has 0 fully saturated rings. The molecule has 0 spiro atoms. The number of hydrogen-bond acceptors (Lipinski definition) is 6. The third-order valence-electron chi connectivity index (χ3n) is 7.42. The smallest absolute Gasteiger partial charge is 0.265 e. The highest BCUT2D eigenvalue weighted by Gasteiger charge is 2.37. The highest BCUT2D eigenvalue weighted by atomic mass is 35.5. The Kier molecular flexibility index (Phi) is 8.19. The zero-order chi connectivity index (χ0) is 28.7. The van der Waals surface area contributed by atoms with Crippen molar-refractivity contribution in [3.8, 4) is 11.4 Å². The third-order valence-corrected chi connectivity index (χ3v) is 12.8. The molecule has 0 aliphatic rings. The molecule has 2 aromatic carbocycles. The van der Waals surface area contributed by atoms with Gasteiger partial charge in [-0.3, -0.25) is 14.0 Å². The number of methoxy groups -OCH3 is 1. The molecule has 208 valence electrons. The Balaban J connectivity index is 1.85. The SMILES string of the molecule is COc1cc(C)c(Cl)c(N(CCO[Si](C)(C)C(C)(C)C)c2ccc3ncn(-c4cnn(C)c4)c(=O)c3c2)c1Cl. The molecule has 0 saturated heterocycles. The summed E-state index contributed by atoms with van der Waals surface area (Å²) in [6.07, 6.45) is 4.91. The molecule has 2 aromatic heterocycles. The van der Waals surface area contributed by atoms with Gasteiger partial charge in [0.2, 0.25) is 0 Å². The lowest BCUT2D eigenvalue weighted by Gasteiger charge is -2.37. The van der Waals surface area contributed by atoms with Crippen molar-refractivity contribution in [1.29, 1.82) is 0 Å². The number of aryl methyl sites for hydroxylation is 2. The summed E-state index contributed by atoms with van der Waals surface area (Å²) in [6.45, 7) is 13.9. The number of hydrogen-bond donors (Lipinski definition) is 0. The predicted octanol–water partition coefficient (Wildman–Crippen LogP) is 6.90. The number of fused-ring (bicyclic) bond motifs is 1. The maximum atomic E-state index is 13.6. The first-order chi connectivity index (χ1) is 18.2. The number of anilines is 2. The van der Waals surface area contributed by atoms with Crippen LogP contribution in [0, 0.1) is 6.92 Å². The average Bonchev–Trinajstić information content (AvgIpc) is 3.30. The normalized spacial score (nSPS) is 12.3. The fourth-order valence-corrected chi connectivity index (χ4v) is 5.74. The van der Waals surface area contributed by atoms with Crippen LogP contribution >= 0.6 is 23.2 Å². The molecule has 0 aliphatic carbocycles. The van der Waals surface area contributed by atoms with Gasteiger partial charge in [0.15, 0.2) is 8.32 Å². The Bertz CT molecular complexity index is 1580. The zero-order valence-corrected chi connectivity index (χ0v) is 26.2. The Morgan fingerprint density at radius 1 is 1.13 bits per heavy atom. The third kappa shape index (κ3) is 5.72. The van der Waals surface area contributed by atoms with E-state index in [4.69, 9.17) is 32.4 Å². The summed E-state index contributed by atoms with van der Waals surface area (Å²) in [5.41, 5.74) is 3.18. The summed E-state index contributed by atoms with van der Waals surface area (Å²) in [4.78, 5) is 20.1. The van der Waals surface area contributed by atoms with Gasteiger partial charge in [-0.05, 0) is 54.9 Å². The van der Waals surface area contributed by atoms with Gasteiger partial charge in [0, 0.05) is 25.5 Å². The van der Waals surface area contributed by atoms with Crippen LogP contribution in [0.1, 0.15) is 26.3 Å². The summed E-state index contributed by atoms with van der Waals surface area (Å²) in [6, 6.07) is 7.38. The van der Waals surface area contributed by atoms with Crippen molar-refractivity contribution in [2.45, 2.75) is 45.8 Å². The van der Waals surface area contributed by atoms with Gasteiger partial charge in [-0.1, -0.05) is 44.0 Å². The molecule has 4 aromatic rings. The largest absolute Gasteiger partial charge is 0.495 e. The van der Waals surface area contributed by atoms with Gasteiger partial charge in [0.25, 0.3) is 5.56 Å². The standard InChI is InChI=1S/C28H35Cl2N5O3Si/c1-18-13-23(37-6)25(30)26(24(18)29)34(11-12-38-39(7,8)28(2,3)4)19-9-10-22-21(14-19)27(36)35(17-31-22)20-15-32-33(5)16-20/h9-10,13-17H,11-12H2,1-8H3. The van der Waals surface area contributed by atoms with Crippen LogP contribution in [0.25, 0.3) is 16.6 Å². The van der Waals surface area contributed by atoms with E-state index in [9.17, 15) is 4.79 Å². The maximum Gasteiger partial charge on any atom is 0.265 e. The summed E-state index contributed by atoms with van der Waals surface area (Å²) < 4.78 is 15.2. The minimum Gasteiger partial charge on any atom is -0.495 e. The molecule has 0 saturated carbocycles. The lowest BCUT2D eigenvalue weighted by molar-refractivity contribution is 0.297. The number of halogens is 2. The fourth-order valence-electron chi connectivity index (χ4n) is 4.08. The van der Waals surface area contributed by atoms with Crippen LogP contribution in [0.2, 0.25) is 28.2 Å². The van der Waals surface area contributed by atoms with E-state index in [1.165, 1.54) is 10.9 Å². The highest BCUT2D eigenvalue weighted by molar-refractivity contribution is 6.74. The quantitative estimate of drug-likeness (QED) is 0.209. The maximum absolute atomic E-state index is 13.6. The van der Waals surface area contributed by atoms with Gasteiger partial charge < -0.3 is 14.1 Å². The van der Waals surface area contributed by atoms with Crippen molar-refractivity contribution in [3.63, 3.8) is 0 Å². The number of aromatic nitrogens is 4. The molecule has 0 bridgehead atoms. The van der Waals surface area contributed by atoms with Gasteiger partial charge in [-0.15, -0.1) is 0 Å². The van der Waals surface area contributed by atoms with Crippen molar-refractivity contribution >= 4 is 53.8 Å². The van der Waals surface area contributed by atoms with Gasteiger partial charge in [0.05, 0.1) is 47.2 Å². The topological polar surface area (TPSA) is 74.4 Å². The molecule has 0 amide bonds. The Morgan fingerprint density at radius 2 is 1.85 bits per heavy atom. The van der Waals surface area contributed by atoms with Crippen LogP contribution in [0.5, 0.6) is 5.75 Å². The molecule has 0 radical (unpaired) electrons. The monoisotopic (exact) mass is 587 g/mol. The molecule has 2 heterocycles. The summed E-state index contributed by atoms with van der Waals surface area (Å²) in [7, 11) is 1.36. The van der Waals surface area contributed by atoms with Crippen LogP contribution < -0.4 is 15.2 Å². The second-order valence-electron chi connectivity index (χ2n) is 11.1. The molecule has 0 N–H and O–H groups in total. The number of nitrogens with zero attached hydrogens (tertiary/aromatic N) is 5. The van der Waals surface area contributed by atoms with Crippen LogP contribution in [0.3, 0.4) is 0 Å². The minimum atomic E-state index is -2.01. The molecule has 0 aliphatic heterocycles. The molecule has 39 heavy (non-hydrogen) atoms. The Labute approximate surface area is 240 Å². The van der Waals surface area contributed by atoms with E-state index in [0.29, 0.717) is 51.2 Å². The zero-order valence-electron chi connectivity index (χ0n) is 23.7. The molecular formula is C28H35Cl2N5O3Si. The minimum absolute atomic E-state index is 0.0612. The van der Waals surface area contributed by atoms with Gasteiger partial charge in [-0.25, -0.2) is 4.98 Å². The van der Waals surface area contributed by atoms with Gasteiger partial charge >= 0.3 is 0 Å². The van der Waals surface area contributed by atoms with Gasteiger partial charge in [0.1, 0.15) is 17.1 Å². The summed E-state index contributed by atoms with van der Waals surface area (Å²) in [5.74, 6) is 0.519. The number of benzene rings is 2. The van der Waals surface area contributed by atoms with E-state index in [1.807, 2.05) is 36.1 Å². The van der Waals surface area contributed by atoms with Crippen molar-refractivity contribution in [3.05, 3.63) is 68.9 Å². The van der Waals surface area contributed by atoms with Crippen LogP contribution in [-0.4, -0.2) is 47.9 Å². The van der Waals surface area contributed by atoms with E-state index >= 15 is 0 Å². The fraction of sp³-hybridized carbons (Fsp3) is 0.393. The molecule has 4 rings (SSSR count). The van der Waals surface area contributed by atoms with Crippen LogP contribution in [0.4, 0.5) is 11.4 Å². The summed E-state index contributed by atoms with van der Waals surface area (Å²) in [5, 5.41) is 5.60. The van der Waals surface area contributed by atoms with E-state index in [0.717, 1.165) is 11.3 Å². The second kappa shape index (κ2) is 11.0. The van der Waals surface area contributed by atoms with Crippen molar-refractivity contribution in [2.75, 3.05) is 25.2 Å². The van der Waals surface area contributed by atoms with Crippen LogP contribution in [-0.2, 0) is 11.5 Å². The first kappa shape index (κ1) is 29.1. The number of ether oxygens (including phenoxy) is 1. The second-order valence-corrected chi connectivity index (χ2v) is 16.7. The molecule has 11 heteroatoms. The first-order valence-corrected chi connectivity index (χ1v) is 16.4. The first-order valence-electron chi connectivity index (χ1n) is 12.7. The highest BCUT2D eigenvalue weighted by Crippen LogP contribution is 2.45. The summed E-state index contributed by atoms with van der Waals surface area (Å²) >= 11 is 13.7. The van der Waals surface area contributed by atoms with E-state index in [1.54, 1.807) is 31.2 Å². The average molecular weight is 589 g/mol. The molecule has 0 atom stereocenters. The van der Waals surface area contributed by atoms with Crippen molar-refractivity contribution < 1.29 is 9.16 Å². The Morgan fingerprint density at radius 3 is 2.46 bits per heavy atom. The van der Waals surface area contributed by atoms with Crippen molar-refractivity contribution in [2.24, 2.45) is 7.05 Å². The number of rotatable bonds is 8. The van der Waals surface area contributed by atoms with Crippen molar-refractivity contribution in [1.82, 2.24) is 19.3 Å². The molecule has 8 nitrogen and oxygen atoms in total. The molecule has 0 unspecified atom stereocenters.